The summed E-state index contributed by atoms with van der Waals surface area (Å²) in [4.78, 5) is 8.67. The number of rotatable bonds is 5. The molecule has 0 amide bonds. The van der Waals surface area contributed by atoms with Crippen molar-refractivity contribution in [3.63, 3.8) is 0 Å². The second-order valence-corrected chi connectivity index (χ2v) is 8.82. The Kier molecular flexibility index (Phi) is 6.20. The summed E-state index contributed by atoms with van der Waals surface area (Å²) in [6.45, 7) is 2.59. The van der Waals surface area contributed by atoms with Gasteiger partial charge in [-0.15, -0.1) is 0 Å². The van der Waals surface area contributed by atoms with Crippen LogP contribution in [-0.2, 0) is 0 Å². The second kappa shape index (κ2) is 8.86. The molecule has 2 aromatic carbocycles. The molecule has 1 aliphatic carbocycles. The van der Waals surface area contributed by atoms with Crippen LogP contribution in [0.2, 0.25) is 0 Å². The van der Waals surface area contributed by atoms with Crippen LogP contribution in [0, 0.1) is 17.7 Å². The number of benzene rings is 2. The van der Waals surface area contributed by atoms with E-state index in [4.69, 9.17) is 9.47 Å². The molecule has 4 rings (SSSR count). The summed E-state index contributed by atoms with van der Waals surface area (Å²) >= 11 is 3.28. The maximum atomic E-state index is 14.5. The van der Waals surface area contributed by atoms with E-state index < -0.39 is 0 Å². The number of hydrogen-bond acceptors (Lipinski definition) is 5. The minimum absolute atomic E-state index is 0.276. The van der Waals surface area contributed by atoms with Crippen LogP contribution < -0.4 is 9.47 Å². The molecule has 1 N–H and O–H groups in total. The lowest BCUT2D eigenvalue weighted by molar-refractivity contribution is 0.0390. The quantitative estimate of drug-likeness (QED) is 0.537. The van der Waals surface area contributed by atoms with Crippen molar-refractivity contribution in [2.75, 3.05) is 13.7 Å². The molecule has 3 atom stereocenters. The first-order valence-corrected chi connectivity index (χ1v) is 10.8. The maximum absolute atomic E-state index is 14.5. The highest BCUT2D eigenvalue weighted by molar-refractivity contribution is 9.10. The molecule has 3 unspecified atom stereocenters. The summed E-state index contributed by atoms with van der Waals surface area (Å²) in [5, 5.41) is 10.8. The lowest BCUT2D eigenvalue weighted by Crippen LogP contribution is -2.30. The van der Waals surface area contributed by atoms with Gasteiger partial charge in [-0.25, -0.2) is 14.4 Å². The van der Waals surface area contributed by atoms with Gasteiger partial charge in [0, 0.05) is 21.5 Å². The Morgan fingerprint density at radius 2 is 2.00 bits per heavy atom. The molecule has 1 aliphatic rings. The number of halogens is 2. The molecule has 5 nitrogen and oxygen atoms in total. The minimum Gasteiger partial charge on any atom is -0.493 e. The maximum Gasteiger partial charge on any atom is 0.163 e. The van der Waals surface area contributed by atoms with E-state index in [1.165, 1.54) is 12.4 Å². The van der Waals surface area contributed by atoms with Gasteiger partial charge in [-0.2, -0.15) is 0 Å². The molecule has 0 spiro atoms. The van der Waals surface area contributed by atoms with Gasteiger partial charge in [-0.05, 0) is 55.4 Å². The normalized spacial score (nSPS) is 21.6. The van der Waals surface area contributed by atoms with E-state index in [9.17, 15) is 9.50 Å². The third-order valence-electron chi connectivity index (χ3n) is 5.84. The molecule has 0 saturated heterocycles. The topological polar surface area (TPSA) is 64.5 Å². The Balaban J connectivity index is 1.65. The Hall–Kier alpha value is -2.25. The van der Waals surface area contributed by atoms with Gasteiger partial charge in [0.05, 0.1) is 31.0 Å². The number of aliphatic hydroxyl groups excluding tert-OH is 1. The van der Waals surface area contributed by atoms with Crippen LogP contribution in [0.1, 0.15) is 26.2 Å². The van der Waals surface area contributed by atoms with Crippen LogP contribution in [0.3, 0.4) is 0 Å². The van der Waals surface area contributed by atoms with Crippen LogP contribution >= 0.6 is 15.9 Å². The Labute approximate surface area is 183 Å². The van der Waals surface area contributed by atoms with Crippen LogP contribution in [-0.4, -0.2) is 34.9 Å². The summed E-state index contributed by atoms with van der Waals surface area (Å²) in [6, 6.07) is 8.47. The predicted molar refractivity (Wildman–Crippen MR) is 117 cm³/mol. The van der Waals surface area contributed by atoms with Crippen LogP contribution in [0.4, 0.5) is 4.39 Å². The Morgan fingerprint density at radius 1 is 1.17 bits per heavy atom. The lowest BCUT2D eigenvalue weighted by atomic mass is 9.81. The fourth-order valence-corrected chi connectivity index (χ4v) is 4.31. The molecule has 7 heteroatoms. The van der Waals surface area contributed by atoms with Gasteiger partial charge >= 0.3 is 0 Å². The van der Waals surface area contributed by atoms with Crippen LogP contribution in [0.25, 0.3) is 22.2 Å². The number of ether oxygens (including phenoxy) is 2. The molecule has 0 aliphatic heterocycles. The van der Waals surface area contributed by atoms with Crippen LogP contribution in [0.15, 0.2) is 41.1 Å². The van der Waals surface area contributed by atoms with Gasteiger partial charge in [-0.3, -0.25) is 0 Å². The molecule has 0 radical (unpaired) electrons. The summed E-state index contributed by atoms with van der Waals surface area (Å²) in [7, 11) is 1.57. The fraction of sp³-hybridized carbons (Fsp3) is 0.391. The molecule has 1 heterocycles. The molecule has 1 aromatic heterocycles. The average Bonchev–Trinajstić information content (AvgIpc) is 2.73. The molecule has 1 saturated carbocycles. The standard InChI is InChI=1S/C23H24BrFN2O3/c1-13-3-4-14(7-20(13)28)11-30-22-10-19-17(9-21(22)29-2)23(27-12-26-19)16-6-5-15(24)8-18(16)25/h5-6,8-10,12-14,20,28H,3-4,7,11H2,1-2H3. The molecule has 3 aromatic rings. The predicted octanol–water partition coefficient (Wildman–Crippen LogP) is 5.38. The van der Waals surface area contributed by atoms with Crippen molar-refractivity contribution in [3.8, 4) is 22.8 Å². The van der Waals surface area contributed by atoms with E-state index in [1.54, 1.807) is 31.4 Å². The van der Waals surface area contributed by atoms with Gasteiger partial charge in [-0.1, -0.05) is 22.9 Å². The zero-order valence-electron chi connectivity index (χ0n) is 16.9. The number of nitrogens with zero attached hydrogens (tertiary/aromatic N) is 2. The summed E-state index contributed by atoms with van der Waals surface area (Å²) in [5.74, 6) is 1.40. The minimum atomic E-state index is -0.367. The zero-order valence-corrected chi connectivity index (χ0v) is 18.5. The van der Waals surface area contributed by atoms with Crippen molar-refractivity contribution in [1.29, 1.82) is 0 Å². The molecule has 30 heavy (non-hydrogen) atoms. The van der Waals surface area contributed by atoms with E-state index >= 15 is 0 Å². The van der Waals surface area contributed by atoms with E-state index in [-0.39, 0.29) is 11.9 Å². The van der Waals surface area contributed by atoms with E-state index in [2.05, 4.69) is 32.8 Å². The Morgan fingerprint density at radius 3 is 2.73 bits per heavy atom. The molecule has 158 valence electrons. The fourth-order valence-electron chi connectivity index (χ4n) is 3.97. The highest BCUT2D eigenvalue weighted by atomic mass is 79.9. The van der Waals surface area contributed by atoms with Gasteiger partial charge in [0.15, 0.2) is 11.5 Å². The first kappa shape index (κ1) is 21.0. The first-order chi connectivity index (χ1) is 14.5. The highest BCUT2D eigenvalue weighted by Gasteiger charge is 2.26. The Bertz CT molecular complexity index is 1060. The molecule has 0 bridgehead atoms. The first-order valence-electron chi connectivity index (χ1n) is 10.0. The van der Waals surface area contributed by atoms with Crippen molar-refractivity contribution in [3.05, 3.63) is 46.9 Å². The van der Waals surface area contributed by atoms with Crippen molar-refractivity contribution in [2.24, 2.45) is 11.8 Å². The third-order valence-corrected chi connectivity index (χ3v) is 6.34. The molecular weight excluding hydrogens is 451 g/mol. The van der Waals surface area contributed by atoms with Crippen molar-refractivity contribution >= 4 is 26.8 Å². The highest BCUT2D eigenvalue weighted by Crippen LogP contribution is 2.37. The van der Waals surface area contributed by atoms with Gasteiger partial charge in [0.1, 0.15) is 12.1 Å². The van der Waals surface area contributed by atoms with Gasteiger partial charge < -0.3 is 14.6 Å². The summed E-state index contributed by atoms with van der Waals surface area (Å²) in [6.07, 6.45) is 3.92. The molecular formula is C23H24BrFN2O3. The summed E-state index contributed by atoms with van der Waals surface area (Å²) in [5.41, 5.74) is 1.54. The van der Waals surface area contributed by atoms with Crippen molar-refractivity contribution in [1.82, 2.24) is 9.97 Å². The number of aromatic nitrogens is 2. The lowest BCUT2D eigenvalue weighted by Gasteiger charge is -2.30. The van der Waals surface area contributed by atoms with Gasteiger partial charge in [0.2, 0.25) is 0 Å². The SMILES string of the molecule is COc1cc2c(-c3ccc(Br)cc3F)ncnc2cc1OCC1CCC(C)C(O)C1. The monoisotopic (exact) mass is 474 g/mol. The van der Waals surface area contributed by atoms with Crippen LogP contribution in [0.5, 0.6) is 11.5 Å². The van der Waals surface area contributed by atoms with Gasteiger partial charge in [0.25, 0.3) is 0 Å². The van der Waals surface area contributed by atoms with Crippen molar-refractivity contribution < 1.29 is 19.0 Å². The number of aliphatic hydroxyl groups is 1. The second-order valence-electron chi connectivity index (χ2n) is 7.90. The zero-order chi connectivity index (χ0) is 21.3. The number of methoxy groups -OCH3 is 1. The largest absolute Gasteiger partial charge is 0.493 e. The average molecular weight is 475 g/mol. The van der Waals surface area contributed by atoms with E-state index in [0.29, 0.717) is 56.6 Å². The third kappa shape index (κ3) is 4.27. The number of fused-ring (bicyclic) bond motifs is 1. The van der Waals surface area contributed by atoms with E-state index in [0.717, 1.165) is 19.3 Å². The molecule has 1 fully saturated rings. The number of hydrogen-bond donors (Lipinski definition) is 1. The van der Waals surface area contributed by atoms with Crippen molar-refractivity contribution in [2.45, 2.75) is 32.3 Å². The van der Waals surface area contributed by atoms with E-state index in [1.807, 2.05) is 0 Å². The smallest absolute Gasteiger partial charge is 0.163 e. The summed E-state index contributed by atoms with van der Waals surface area (Å²) < 4.78 is 26.8.